The van der Waals surface area contributed by atoms with Gasteiger partial charge >= 0.3 is 0 Å². The molecule has 6 nitrogen and oxygen atoms in total. The number of aromatic nitrogens is 1. The molecule has 1 amide bonds. The summed E-state index contributed by atoms with van der Waals surface area (Å²) in [5.41, 5.74) is 2.83. The molecule has 1 fully saturated rings. The van der Waals surface area contributed by atoms with Crippen molar-refractivity contribution in [3.05, 3.63) is 42.0 Å². The van der Waals surface area contributed by atoms with E-state index in [1.807, 2.05) is 36.4 Å². The lowest BCUT2D eigenvalue weighted by Crippen LogP contribution is -2.16. The van der Waals surface area contributed by atoms with Gasteiger partial charge in [0.1, 0.15) is 0 Å². The Morgan fingerprint density at radius 3 is 2.66 bits per heavy atom. The van der Waals surface area contributed by atoms with Crippen molar-refractivity contribution in [1.82, 2.24) is 4.98 Å². The first-order valence-corrected chi connectivity index (χ1v) is 10.6. The highest BCUT2D eigenvalue weighted by Gasteiger charge is 2.16. The SMILES string of the molecule is COc1ccc(CCC(=O)Nc2ccc3nc(N4CCCC4)sc3c2)cc1OC. The number of carbonyl (C=O) groups excluding carboxylic acids is 1. The average molecular weight is 412 g/mol. The van der Waals surface area contributed by atoms with Crippen molar-refractivity contribution >= 4 is 38.3 Å². The number of nitrogens with zero attached hydrogens (tertiary/aromatic N) is 2. The van der Waals surface area contributed by atoms with Gasteiger partial charge in [-0.1, -0.05) is 17.4 Å². The lowest BCUT2D eigenvalue weighted by molar-refractivity contribution is -0.116. The van der Waals surface area contributed by atoms with Crippen LogP contribution in [-0.4, -0.2) is 38.2 Å². The third-order valence-electron chi connectivity index (χ3n) is 5.13. The van der Waals surface area contributed by atoms with E-state index in [0.717, 1.165) is 39.7 Å². The van der Waals surface area contributed by atoms with Gasteiger partial charge in [0.25, 0.3) is 0 Å². The monoisotopic (exact) mass is 411 g/mol. The number of rotatable bonds is 7. The van der Waals surface area contributed by atoms with Crippen LogP contribution in [0.4, 0.5) is 10.8 Å². The van der Waals surface area contributed by atoms with Crippen molar-refractivity contribution in [2.45, 2.75) is 25.7 Å². The molecule has 1 N–H and O–H groups in total. The molecule has 1 aliphatic heterocycles. The highest BCUT2D eigenvalue weighted by Crippen LogP contribution is 2.32. The third kappa shape index (κ3) is 4.45. The lowest BCUT2D eigenvalue weighted by Gasteiger charge is -2.11. The number of ether oxygens (including phenoxy) is 2. The van der Waals surface area contributed by atoms with Crippen LogP contribution in [0.5, 0.6) is 11.5 Å². The molecule has 0 atom stereocenters. The molecule has 0 radical (unpaired) electrons. The van der Waals surface area contributed by atoms with Crippen molar-refractivity contribution < 1.29 is 14.3 Å². The van der Waals surface area contributed by atoms with Gasteiger partial charge in [0, 0.05) is 25.2 Å². The van der Waals surface area contributed by atoms with Crippen molar-refractivity contribution in [2.24, 2.45) is 0 Å². The summed E-state index contributed by atoms with van der Waals surface area (Å²) in [4.78, 5) is 19.5. The van der Waals surface area contributed by atoms with E-state index >= 15 is 0 Å². The zero-order chi connectivity index (χ0) is 20.2. The van der Waals surface area contributed by atoms with Crippen molar-refractivity contribution in [2.75, 3.05) is 37.5 Å². The summed E-state index contributed by atoms with van der Waals surface area (Å²) in [7, 11) is 3.22. The highest BCUT2D eigenvalue weighted by atomic mass is 32.1. The fourth-order valence-corrected chi connectivity index (χ4v) is 4.61. The van der Waals surface area contributed by atoms with Crippen LogP contribution in [-0.2, 0) is 11.2 Å². The van der Waals surface area contributed by atoms with Crippen molar-refractivity contribution in [3.8, 4) is 11.5 Å². The van der Waals surface area contributed by atoms with Gasteiger partial charge in [-0.05, 0) is 55.2 Å². The van der Waals surface area contributed by atoms with E-state index in [2.05, 4.69) is 10.2 Å². The first-order valence-electron chi connectivity index (χ1n) is 9.82. The molecule has 1 saturated heterocycles. The quantitative estimate of drug-likeness (QED) is 0.621. The van der Waals surface area contributed by atoms with E-state index < -0.39 is 0 Å². The van der Waals surface area contributed by atoms with E-state index in [1.54, 1.807) is 25.6 Å². The molecule has 0 bridgehead atoms. The molecule has 0 aliphatic carbocycles. The Hall–Kier alpha value is -2.80. The van der Waals surface area contributed by atoms with Gasteiger partial charge in [0.15, 0.2) is 16.6 Å². The molecule has 3 aromatic rings. The molecule has 4 rings (SSSR count). The fraction of sp³-hybridized carbons (Fsp3) is 0.364. The summed E-state index contributed by atoms with van der Waals surface area (Å²) in [6, 6.07) is 11.6. The number of anilines is 2. The van der Waals surface area contributed by atoms with Crippen LogP contribution >= 0.6 is 11.3 Å². The average Bonchev–Trinajstić information content (AvgIpc) is 3.41. The zero-order valence-electron chi connectivity index (χ0n) is 16.7. The molecule has 29 heavy (non-hydrogen) atoms. The number of aryl methyl sites for hydroxylation is 1. The molecule has 2 heterocycles. The van der Waals surface area contributed by atoms with Gasteiger partial charge in [-0.25, -0.2) is 4.98 Å². The predicted molar refractivity (Wildman–Crippen MR) is 118 cm³/mol. The highest BCUT2D eigenvalue weighted by molar-refractivity contribution is 7.22. The molecule has 0 spiro atoms. The number of fused-ring (bicyclic) bond motifs is 1. The minimum absolute atomic E-state index is 0.0107. The van der Waals surface area contributed by atoms with Crippen LogP contribution in [0.2, 0.25) is 0 Å². The predicted octanol–water partition coefficient (Wildman–Crippen LogP) is 4.49. The molecule has 2 aromatic carbocycles. The van der Waals surface area contributed by atoms with E-state index in [4.69, 9.17) is 14.5 Å². The smallest absolute Gasteiger partial charge is 0.224 e. The summed E-state index contributed by atoms with van der Waals surface area (Å²) < 4.78 is 11.7. The van der Waals surface area contributed by atoms with Crippen molar-refractivity contribution in [1.29, 1.82) is 0 Å². The maximum Gasteiger partial charge on any atom is 0.224 e. The van der Waals surface area contributed by atoms with E-state index in [0.29, 0.717) is 24.3 Å². The third-order valence-corrected chi connectivity index (χ3v) is 6.21. The normalized spacial score (nSPS) is 13.7. The van der Waals surface area contributed by atoms with Gasteiger partial charge in [0.2, 0.25) is 5.91 Å². The topological polar surface area (TPSA) is 63.7 Å². The second kappa shape index (κ2) is 8.69. The van der Waals surface area contributed by atoms with Gasteiger partial charge in [-0.15, -0.1) is 0 Å². The Morgan fingerprint density at radius 2 is 1.90 bits per heavy atom. The minimum Gasteiger partial charge on any atom is -0.493 e. The number of hydrogen-bond donors (Lipinski definition) is 1. The number of hydrogen-bond acceptors (Lipinski definition) is 6. The Kier molecular flexibility index (Phi) is 5.85. The maximum atomic E-state index is 12.4. The Balaban J connectivity index is 1.38. The number of thiazole rings is 1. The molecule has 7 heteroatoms. The van der Waals surface area contributed by atoms with Crippen LogP contribution in [0, 0.1) is 0 Å². The molecule has 152 valence electrons. The van der Waals surface area contributed by atoms with Gasteiger partial charge < -0.3 is 19.7 Å². The van der Waals surface area contributed by atoms with E-state index in [-0.39, 0.29) is 5.91 Å². The molecular weight excluding hydrogens is 386 g/mol. The summed E-state index contributed by atoms with van der Waals surface area (Å²) in [6.07, 6.45) is 3.50. The van der Waals surface area contributed by atoms with Crippen LogP contribution in [0.15, 0.2) is 36.4 Å². The Morgan fingerprint density at radius 1 is 1.10 bits per heavy atom. The Bertz CT molecular complexity index is 1010. The number of benzene rings is 2. The minimum atomic E-state index is -0.0107. The van der Waals surface area contributed by atoms with E-state index in [1.165, 1.54) is 12.8 Å². The molecule has 1 aromatic heterocycles. The summed E-state index contributed by atoms with van der Waals surface area (Å²) >= 11 is 1.69. The van der Waals surface area contributed by atoms with Gasteiger partial charge in [-0.2, -0.15) is 0 Å². The van der Waals surface area contributed by atoms with Crippen LogP contribution < -0.4 is 19.7 Å². The lowest BCUT2D eigenvalue weighted by atomic mass is 10.1. The summed E-state index contributed by atoms with van der Waals surface area (Å²) in [6.45, 7) is 2.17. The standard InChI is InChI=1S/C22H25N3O3S/c1-27-18-9-5-15(13-19(18)28-2)6-10-21(26)23-16-7-8-17-20(14-16)29-22(24-17)25-11-3-4-12-25/h5,7-9,13-14H,3-4,6,10-12H2,1-2H3,(H,23,26). The summed E-state index contributed by atoms with van der Waals surface area (Å²) in [5.74, 6) is 1.35. The molecule has 1 aliphatic rings. The van der Waals surface area contributed by atoms with E-state index in [9.17, 15) is 4.79 Å². The molecule has 0 unspecified atom stereocenters. The van der Waals surface area contributed by atoms with Gasteiger partial charge in [-0.3, -0.25) is 4.79 Å². The first kappa shape index (κ1) is 19.5. The van der Waals surface area contributed by atoms with Crippen LogP contribution in [0.1, 0.15) is 24.8 Å². The largest absolute Gasteiger partial charge is 0.493 e. The van der Waals surface area contributed by atoms with Crippen LogP contribution in [0.3, 0.4) is 0 Å². The zero-order valence-corrected chi connectivity index (χ0v) is 17.6. The van der Waals surface area contributed by atoms with Crippen molar-refractivity contribution in [3.63, 3.8) is 0 Å². The number of amides is 1. The maximum absolute atomic E-state index is 12.4. The number of carbonyl (C=O) groups is 1. The Labute approximate surface area is 174 Å². The fourth-order valence-electron chi connectivity index (χ4n) is 3.55. The van der Waals surface area contributed by atoms with Gasteiger partial charge in [0.05, 0.1) is 24.4 Å². The van der Waals surface area contributed by atoms with Crippen LogP contribution in [0.25, 0.3) is 10.2 Å². The first-order chi connectivity index (χ1) is 14.2. The number of nitrogens with one attached hydrogen (secondary N) is 1. The second-order valence-electron chi connectivity index (χ2n) is 7.11. The molecular formula is C22H25N3O3S. The second-order valence-corrected chi connectivity index (χ2v) is 8.12. The summed E-state index contributed by atoms with van der Waals surface area (Å²) in [5, 5.41) is 4.08. The number of methoxy groups -OCH3 is 2. The molecule has 0 saturated carbocycles.